The summed E-state index contributed by atoms with van der Waals surface area (Å²) in [4.78, 5) is 0. The minimum Gasteiger partial charge on any atom is -0.385 e. The van der Waals surface area contributed by atoms with Gasteiger partial charge in [-0.25, -0.2) is 8.78 Å². The molecule has 0 radical (unpaired) electrons. The molecule has 1 aliphatic rings. The molecule has 18 heavy (non-hydrogen) atoms. The summed E-state index contributed by atoms with van der Waals surface area (Å²) in [5, 5.41) is 10.5. The molecular formula is C15H20F2O. The van der Waals surface area contributed by atoms with Gasteiger partial charge in [-0.3, -0.25) is 0 Å². The van der Waals surface area contributed by atoms with Gasteiger partial charge in [0.15, 0.2) is 11.6 Å². The molecule has 1 aromatic carbocycles. The lowest BCUT2D eigenvalue weighted by molar-refractivity contribution is -0.0185. The van der Waals surface area contributed by atoms with Crippen LogP contribution in [-0.4, -0.2) is 5.11 Å². The minimum atomic E-state index is -1.18. The van der Waals surface area contributed by atoms with Crippen molar-refractivity contribution in [3.05, 3.63) is 35.4 Å². The van der Waals surface area contributed by atoms with Gasteiger partial charge in [0.2, 0.25) is 0 Å². The fourth-order valence-corrected chi connectivity index (χ4v) is 2.98. The van der Waals surface area contributed by atoms with E-state index in [1.54, 1.807) is 0 Å². The largest absolute Gasteiger partial charge is 0.385 e. The van der Waals surface area contributed by atoms with Gasteiger partial charge < -0.3 is 5.11 Å². The van der Waals surface area contributed by atoms with Gasteiger partial charge in [0.05, 0.1) is 5.60 Å². The molecule has 1 nitrogen and oxygen atoms in total. The second-order valence-corrected chi connectivity index (χ2v) is 5.37. The van der Waals surface area contributed by atoms with E-state index in [2.05, 4.69) is 6.92 Å². The van der Waals surface area contributed by atoms with Crippen molar-refractivity contribution < 1.29 is 13.9 Å². The lowest BCUT2D eigenvalue weighted by Crippen LogP contribution is -2.32. The zero-order valence-electron chi connectivity index (χ0n) is 10.8. The van der Waals surface area contributed by atoms with E-state index in [4.69, 9.17) is 0 Å². The molecule has 0 amide bonds. The summed E-state index contributed by atoms with van der Waals surface area (Å²) in [6, 6.07) is 4.05. The first kappa shape index (κ1) is 13.5. The Bertz CT molecular complexity index is 409. The monoisotopic (exact) mass is 254 g/mol. The van der Waals surface area contributed by atoms with Crippen LogP contribution in [-0.2, 0) is 5.60 Å². The maximum Gasteiger partial charge on any atom is 0.164 e. The second-order valence-electron chi connectivity index (χ2n) is 5.37. The van der Waals surface area contributed by atoms with Gasteiger partial charge in [0, 0.05) is 5.56 Å². The van der Waals surface area contributed by atoms with E-state index in [0.29, 0.717) is 18.8 Å². The zero-order valence-corrected chi connectivity index (χ0v) is 10.8. The molecule has 2 rings (SSSR count). The third-order valence-corrected chi connectivity index (χ3v) is 4.08. The number of halogens is 2. The number of aliphatic hydroxyl groups is 1. The Hall–Kier alpha value is -0.960. The van der Waals surface area contributed by atoms with Gasteiger partial charge in [-0.05, 0) is 37.7 Å². The number of hydrogen-bond donors (Lipinski definition) is 1. The Labute approximate surface area is 107 Å². The molecule has 1 aromatic rings. The smallest absolute Gasteiger partial charge is 0.164 e. The van der Waals surface area contributed by atoms with Crippen LogP contribution in [0.3, 0.4) is 0 Å². The predicted molar refractivity (Wildman–Crippen MR) is 67.1 cm³/mol. The van der Waals surface area contributed by atoms with E-state index in [1.807, 2.05) is 0 Å². The predicted octanol–water partition coefficient (Wildman–Crippen LogP) is 4.14. The molecule has 0 heterocycles. The van der Waals surface area contributed by atoms with E-state index in [0.717, 1.165) is 31.7 Å². The number of rotatable bonds is 3. The third-order valence-electron chi connectivity index (χ3n) is 4.08. The average Bonchev–Trinajstić information content (AvgIpc) is 2.36. The summed E-state index contributed by atoms with van der Waals surface area (Å²) < 4.78 is 27.0. The molecule has 0 aromatic heterocycles. The van der Waals surface area contributed by atoms with Crippen LogP contribution in [0.1, 0.15) is 51.0 Å². The van der Waals surface area contributed by atoms with E-state index >= 15 is 0 Å². The van der Waals surface area contributed by atoms with Crippen molar-refractivity contribution in [1.82, 2.24) is 0 Å². The molecule has 0 bridgehead atoms. The molecule has 1 aliphatic carbocycles. The topological polar surface area (TPSA) is 20.2 Å². The highest BCUT2D eigenvalue weighted by Crippen LogP contribution is 2.41. The van der Waals surface area contributed by atoms with Gasteiger partial charge >= 0.3 is 0 Å². The average molecular weight is 254 g/mol. The molecule has 100 valence electrons. The van der Waals surface area contributed by atoms with Crippen molar-refractivity contribution in [3.63, 3.8) is 0 Å². The van der Waals surface area contributed by atoms with Gasteiger partial charge in [-0.1, -0.05) is 31.9 Å². The lowest BCUT2D eigenvalue weighted by atomic mass is 9.74. The van der Waals surface area contributed by atoms with Crippen LogP contribution in [0.25, 0.3) is 0 Å². The Balaban J connectivity index is 2.16. The summed E-state index contributed by atoms with van der Waals surface area (Å²) in [5.74, 6) is -1.16. The molecule has 3 heteroatoms. The normalized spacial score (nSPS) is 28.3. The van der Waals surface area contributed by atoms with Crippen molar-refractivity contribution in [2.45, 2.75) is 51.0 Å². The highest BCUT2D eigenvalue weighted by atomic mass is 19.2. The molecule has 0 unspecified atom stereocenters. The van der Waals surface area contributed by atoms with Crippen LogP contribution in [0.15, 0.2) is 18.2 Å². The molecule has 0 aliphatic heterocycles. The van der Waals surface area contributed by atoms with Crippen molar-refractivity contribution in [1.29, 1.82) is 0 Å². The molecule has 0 saturated heterocycles. The Kier molecular flexibility index (Phi) is 4.00. The number of benzene rings is 1. The first-order chi connectivity index (χ1) is 8.57. The van der Waals surface area contributed by atoms with Crippen LogP contribution < -0.4 is 0 Å². The lowest BCUT2D eigenvalue weighted by Gasteiger charge is -2.36. The maximum absolute atomic E-state index is 13.7. The highest BCUT2D eigenvalue weighted by Gasteiger charge is 2.37. The van der Waals surface area contributed by atoms with Crippen LogP contribution in [0, 0.1) is 17.6 Å². The van der Waals surface area contributed by atoms with E-state index < -0.39 is 17.2 Å². The third kappa shape index (κ3) is 2.56. The zero-order chi connectivity index (χ0) is 13.2. The SMILES string of the molecule is CCCC1CCC(O)(c2cccc(F)c2F)CC1. The van der Waals surface area contributed by atoms with Crippen molar-refractivity contribution in [3.8, 4) is 0 Å². The van der Waals surface area contributed by atoms with Crippen molar-refractivity contribution >= 4 is 0 Å². The Morgan fingerprint density at radius 3 is 2.56 bits per heavy atom. The van der Waals surface area contributed by atoms with Gasteiger partial charge in [-0.2, -0.15) is 0 Å². The van der Waals surface area contributed by atoms with Gasteiger partial charge in [0.25, 0.3) is 0 Å². The quantitative estimate of drug-likeness (QED) is 0.859. The van der Waals surface area contributed by atoms with Crippen LogP contribution in [0.2, 0.25) is 0 Å². The fraction of sp³-hybridized carbons (Fsp3) is 0.600. The standard InChI is InChI=1S/C15H20F2O/c1-2-4-11-7-9-15(18,10-8-11)12-5-3-6-13(16)14(12)17/h3,5-6,11,18H,2,4,7-10H2,1H3. The van der Waals surface area contributed by atoms with Crippen LogP contribution in [0.4, 0.5) is 8.78 Å². The molecular weight excluding hydrogens is 234 g/mol. The molecule has 0 atom stereocenters. The van der Waals surface area contributed by atoms with Crippen molar-refractivity contribution in [2.24, 2.45) is 5.92 Å². The Morgan fingerprint density at radius 2 is 1.94 bits per heavy atom. The van der Waals surface area contributed by atoms with Crippen LogP contribution in [0.5, 0.6) is 0 Å². The van der Waals surface area contributed by atoms with Crippen LogP contribution >= 0.6 is 0 Å². The maximum atomic E-state index is 13.7. The van der Waals surface area contributed by atoms with E-state index in [9.17, 15) is 13.9 Å². The summed E-state index contributed by atoms with van der Waals surface area (Å²) in [7, 11) is 0. The number of hydrogen-bond acceptors (Lipinski definition) is 1. The van der Waals surface area contributed by atoms with Gasteiger partial charge in [0.1, 0.15) is 0 Å². The Morgan fingerprint density at radius 1 is 1.28 bits per heavy atom. The summed E-state index contributed by atoms with van der Waals surface area (Å²) in [5.41, 5.74) is -1.06. The van der Waals surface area contributed by atoms with Crippen molar-refractivity contribution in [2.75, 3.05) is 0 Å². The van der Waals surface area contributed by atoms with Gasteiger partial charge in [-0.15, -0.1) is 0 Å². The summed E-state index contributed by atoms with van der Waals surface area (Å²) >= 11 is 0. The highest BCUT2D eigenvalue weighted by molar-refractivity contribution is 5.26. The summed E-state index contributed by atoms with van der Waals surface area (Å²) in [6.45, 7) is 2.15. The van der Waals surface area contributed by atoms with E-state index in [-0.39, 0.29) is 5.56 Å². The molecule has 1 N–H and O–H groups in total. The molecule has 1 saturated carbocycles. The minimum absolute atomic E-state index is 0.123. The fourth-order valence-electron chi connectivity index (χ4n) is 2.98. The first-order valence-electron chi connectivity index (χ1n) is 6.73. The van der Waals surface area contributed by atoms with E-state index in [1.165, 1.54) is 12.1 Å². The second kappa shape index (κ2) is 5.35. The molecule has 1 fully saturated rings. The first-order valence-corrected chi connectivity index (χ1v) is 6.73. The summed E-state index contributed by atoms with van der Waals surface area (Å²) in [6.07, 6.45) is 5.12. The molecule has 0 spiro atoms.